The summed E-state index contributed by atoms with van der Waals surface area (Å²) < 4.78 is 15.0. The van der Waals surface area contributed by atoms with E-state index in [2.05, 4.69) is 15.6 Å². The summed E-state index contributed by atoms with van der Waals surface area (Å²) in [6.07, 6.45) is 0.583. The third-order valence-corrected chi connectivity index (χ3v) is 5.59. The van der Waals surface area contributed by atoms with E-state index in [1.165, 1.54) is 35.6 Å². The van der Waals surface area contributed by atoms with Crippen LogP contribution in [0.15, 0.2) is 60.0 Å². The molecule has 2 N–H and O–H groups in total. The maximum Gasteiger partial charge on any atom is 0.261 e. The van der Waals surface area contributed by atoms with E-state index in [1.807, 2.05) is 29.1 Å². The van der Waals surface area contributed by atoms with Crippen LogP contribution in [0, 0.1) is 5.82 Å². The number of rotatable bonds is 6. The van der Waals surface area contributed by atoms with Crippen LogP contribution in [-0.2, 0) is 13.5 Å². The van der Waals surface area contributed by atoms with Crippen molar-refractivity contribution in [2.24, 2.45) is 7.05 Å². The fourth-order valence-electron chi connectivity index (χ4n) is 3.14. The van der Waals surface area contributed by atoms with Crippen LogP contribution in [0.25, 0.3) is 11.0 Å². The number of hydrogen-bond acceptors (Lipinski definition) is 4. The average molecular weight is 422 g/mol. The van der Waals surface area contributed by atoms with Gasteiger partial charge >= 0.3 is 0 Å². The lowest BCUT2D eigenvalue weighted by atomic mass is 10.2. The molecule has 0 radical (unpaired) electrons. The molecule has 0 aliphatic carbocycles. The fourth-order valence-corrected chi connectivity index (χ4v) is 3.78. The van der Waals surface area contributed by atoms with Gasteiger partial charge in [0.1, 0.15) is 11.6 Å². The van der Waals surface area contributed by atoms with Crippen molar-refractivity contribution in [3.8, 4) is 0 Å². The lowest BCUT2D eigenvalue weighted by Gasteiger charge is -2.06. The molecule has 0 atom stereocenters. The largest absolute Gasteiger partial charge is 0.351 e. The summed E-state index contributed by atoms with van der Waals surface area (Å²) in [5.74, 6) is 0.0374. The van der Waals surface area contributed by atoms with Crippen molar-refractivity contribution >= 4 is 39.9 Å². The van der Waals surface area contributed by atoms with Gasteiger partial charge in [0.25, 0.3) is 11.8 Å². The summed E-state index contributed by atoms with van der Waals surface area (Å²) in [6, 6.07) is 14.5. The highest BCUT2D eigenvalue weighted by Gasteiger charge is 2.12. The molecule has 0 saturated heterocycles. The average Bonchev–Trinajstić information content (AvgIpc) is 3.37. The number of carbonyl (C=O) groups excluding carboxylic acids is 2. The number of thiophene rings is 1. The monoisotopic (exact) mass is 422 g/mol. The van der Waals surface area contributed by atoms with Gasteiger partial charge in [-0.1, -0.05) is 6.07 Å². The number of hydrogen-bond donors (Lipinski definition) is 2. The molecule has 0 aliphatic rings. The highest BCUT2D eigenvalue weighted by molar-refractivity contribution is 7.12. The zero-order valence-electron chi connectivity index (χ0n) is 16.2. The molecular formula is C22H19FN4O2S. The Morgan fingerprint density at radius 1 is 1.10 bits per heavy atom. The smallest absolute Gasteiger partial charge is 0.261 e. The van der Waals surface area contributed by atoms with Gasteiger partial charge in [0.05, 0.1) is 15.9 Å². The standard InChI is InChI=1S/C22H19FN4O2S/c1-27-18-9-8-16(25-21(28)14-4-6-15(23)7-5-14)13-17(18)26-20(27)10-11-24-22(29)19-3-2-12-30-19/h2-9,12-13H,10-11H2,1H3,(H,24,29)(H,25,28). The van der Waals surface area contributed by atoms with Crippen molar-refractivity contribution in [2.45, 2.75) is 6.42 Å². The Kier molecular flexibility index (Phi) is 5.58. The second-order valence-electron chi connectivity index (χ2n) is 6.73. The van der Waals surface area contributed by atoms with Gasteiger partial charge in [-0.05, 0) is 53.9 Å². The van der Waals surface area contributed by atoms with Crippen LogP contribution in [0.1, 0.15) is 25.9 Å². The Labute approximate surface area is 176 Å². The first kappa shape index (κ1) is 19.8. The van der Waals surface area contributed by atoms with Gasteiger partial charge < -0.3 is 15.2 Å². The molecule has 0 spiro atoms. The molecule has 152 valence electrons. The lowest BCUT2D eigenvalue weighted by molar-refractivity contribution is 0.0957. The first-order chi connectivity index (χ1) is 14.5. The molecule has 4 aromatic rings. The molecule has 0 unspecified atom stereocenters. The number of carbonyl (C=O) groups is 2. The van der Waals surface area contributed by atoms with Gasteiger partial charge in [-0.15, -0.1) is 11.3 Å². The van der Waals surface area contributed by atoms with E-state index in [0.717, 1.165) is 16.9 Å². The van der Waals surface area contributed by atoms with E-state index in [0.29, 0.717) is 29.1 Å². The zero-order chi connectivity index (χ0) is 21.1. The van der Waals surface area contributed by atoms with Gasteiger partial charge in [-0.3, -0.25) is 9.59 Å². The van der Waals surface area contributed by atoms with Crippen LogP contribution < -0.4 is 10.6 Å². The van der Waals surface area contributed by atoms with E-state index >= 15 is 0 Å². The third kappa shape index (κ3) is 4.23. The van der Waals surface area contributed by atoms with Gasteiger partial charge in [0.2, 0.25) is 0 Å². The van der Waals surface area contributed by atoms with E-state index in [1.54, 1.807) is 18.2 Å². The highest BCUT2D eigenvalue weighted by atomic mass is 32.1. The van der Waals surface area contributed by atoms with Crippen molar-refractivity contribution in [1.29, 1.82) is 0 Å². The van der Waals surface area contributed by atoms with Crippen LogP contribution in [-0.4, -0.2) is 27.9 Å². The topological polar surface area (TPSA) is 76.0 Å². The van der Waals surface area contributed by atoms with Crippen molar-refractivity contribution in [3.63, 3.8) is 0 Å². The van der Waals surface area contributed by atoms with E-state index in [4.69, 9.17) is 0 Å². The molecule has 2 aromatic carbocycles. The molecule has 2 aromatic heterocycles. The summed E-state index contributed by atoms with van der Waals surface area (Å²) in [4.78, 5) is 29.7. The Balaban J connectivity index is 1.44. The molecule has 0 aliphatic heterocycles. The van der Waals surface area contributed by atoms with Crippen molar-refractivity contribution in [1.82, 2.24) is 14.9 Å². The number of aromatic nitrogens is 2. The minimum Gasteiger partial charge on any atom is -0.351 e. The number of amides is 2. The van der Waals surface area contributed by atoms with Crippen molar-refractivity contribution in [3.05, 3.63) is 82.1 Å². The van der Waals surface area contributed by atoms with Crippen LogP contribution in [0.5, 0.6) is 0 Å². The number of anilines is 1. The molecule has 6 nitrogen and oxygen atoms in total. The minimum absolute atomic E-state index is 0.0884. The number of nitrogens with one attached hydrogen (secondary N) is 2. The van der Waals surface area contributed by atoms with Gasteiger partial charge in [0.15, 0.2) is 0 Å². The van der Waals surface area contributed by atoms with Crippen molar-refractivity contribution < 1.29 is 14.0 Å². The Morgan fingerprint density at radius 3 is 2.63 bits per heavy atom. The predicted molar refractivity (Wildman–Crippen MR) is 115 cm³/mol. The van der Waals surface area contributed by atoms with Crippen molar-refractivity contribution in [2.75, 3.05) is 11.9 Å². The zero-order valence-corrected chi connectivity index (χ0v) is 17.0. The predicted octanol–water partition coefficient (Wildman–Crippen LogP) is 4.00. The lowest BCUT2D eigenvalue weighted by Crippen LogP contribution is -2.25. The summed E-state index contributed by atoms with van der Waals surface area (Å²) >= 11 is 1.40. The van der Waals surface area contributed by atoms with E-state index in [9.17, 15) is 14.0 Å². The molecule has 30 heavy (non-hydrogen) atoms. The summed E-state index contributed by atoms with van der Waals surface area (Å²) in [7, 11) is 1.92. The normalized spacial score (nSPS) is 10.9. The van der Waals surface area contributed by atoms with Gasteiger partial charge in [0, 0.05) is 31.3 Å². The molecule has 2 amide bonds. The third-order valence-electron chi connectivity index (χ3n) is 4.72. The summed E-state index contributed by atoms with van der Waals surface area (Å²) in [6.45, 7) is 0.474. The maximum atomic E-state index is 13.0. The molecular weight excluding hydrogens is 403 g/mol. The molecule has 0 fully saturated rings. The number of nitrogens with zero attached hydrogens (tertiary/aromatic N) is 2. The van der Waals surface area contributed by atoms with Crippen LogP contribution in [0.2, 0.25) is 0 Å². The first-order valence-corrected chi connectivity index (χ1v) is 10.2. The molecule has 2 heterocycles. The Morgan fingerprint density at radius 2 is 1.90 bits per heavy atom. The molecule has 8 heteroatoms. The van der Waals surface area contributed by atoms with E-state index < -0.39 is 0 Å². The summed E-state index contributed by atoms with van der Waals surface area (Å²) in [5, 5.41) is 7.57. The second-order valence-corrected chi connectivity index (χ2v) is 7.68. The quantitative estimate of drug-likeness (QED) is 0.493. The molecule has 4 rings (SSSR count). The first-order valence-electron chi connectivity index (χ1n) is 9.35. The number of imidazole rings is 1. The second kappa shape index (κ2) is 8.46. The molecule has 0 saturated carbocycles. The number of aryl methyl sites for hydroxylation is 1. The molecule has 0 bridgehead atoms. The maximum absolute atomic E-state index is 13.0. The van der Waals surface area contributed by atoms with Crippen LogP contribution in [0.3, 0.4) is 0 Å². The summed E-state index contributed by atoms with van der Waals surface area (Å²) in [5.41, 5.74) is 2.65. The fraction of sp³-hybridized carbons (Fsp3) is 0.136. The number of halogens is 1. The number of fused-ring (bicyclic) bond motifs is 1. The SMILES string of the molecule is Cn1c(CCNC(=O)c2cccs2)nc2cc(NC(=O)c3ccc(F)cc3)ccc21. The number of benzene rings is 2. The van der Waals surface area contributed by atoms with Gasteiger partial charge in [-0.2, -0.15) is 0 Å². The van der Waals surface area contributed by atoms with Crippen LogP contribution >= 0.6 is 11.3 Å². The van der Waals surface area contributed by atoms with E-state index in [-0.39, 0.29) is 17.6 Å². The highest BCUT2D eigenvalue weighted by Crippen LogP contribution is 2.20. The minimum atomic E-state index is -0.388. The Hall–Kier alpha value is -3.52. The van der Waals surface area contributed by atoms with Crippen LogP contribution in [0.4, 0.5) is 10.1 Å². The Bertz CT molecular complexity index is 1200. The van der Waals surface area contributed by atoms with Gasteiger partial charge in [-0.25, -0.2) is 9.37 Å².